The molecule has 1 radical (unpaired) electrons. The molecule has 0 bridgehead atoms. The number of nitrogens with one attached hydrogen (secondary N) is 1. The molecule has 1 aromatic rings. The maximum absolute atomic E-state index is 11.6. The van der Waals surface area contributed by atoms with Gasteiger partial charge in [-0.25, -0.2) is 4.98 Å². The predicted molar refractivity (Wildman–Crippen MR) is 36.2 cm³/mol. The number of ether oxygens (including phenoxy) is 1. The Morgan fingerprint density at radius 1 is 1.50 bits per heavy atom. The van der Waals surface area contributed by atoms with Crippen molar-refractivity contribution in [3.63, 3.8) is 0 Å². The van der Waals surface area contributed by atoms with Crippen LogP contribution in [0.3, 0.4) is 0 Å². The first-order valence-corrected chi connectivity index (χ1v) is 3.10. The van der Waals surface area contributed by atoms with Gasteiger partial charge in [0.1, 0.15) is 0 Å². The quantitative estimate of drug-likeness (QED) is 0.678. The van der Waals surface area contributed by atoms with Crippen molar-refractivity contribution in [1.29, 1.82) is 0 Å². The molecule has 6 heteroatoms. The van der Waals surface area contributed by atoms with Gasteiger partial charge in [-0.15, -0.1) is 0 Å². The summed E-state index contributed by atoms with van der Waals surface area (Å²) in [5.74, 6) is -0.604. The summed E-state index contributed by atoms with van der Waals surface area (Å²) in [5, 5.41) is 0. The lowest BCUT2D eigenvalue weighted by atomic mass is 10.4. The maximum Gasteiger partial charge on any atom is 0.388 e. The first kappa shape index (κ1) is 8.63. The van der Waals surface area contributed by atoms with Gasteiger partial charge in [-0.1, -0.05) is 0 Å². The molecular weight excluding hydrogens is 168 g/mol. The monoisotopic (exact) mass is 174 g/mol. The number of hydrogen-bond acceptors (Lipinski definition) is 3. The average Bonchev–Trinajstić information content (AvgIpc) is 1.81. The molecule has 0 aromatic carbocycles. The number of aromatic nitrogens is 2. The van der Waals surface area contributed by atoms with E-state index in [4.69, 9.17) is 5.73 Å². The zero-order valence-electron chi connectivity index (χ0n) is 6.21. The third-order valence-corrected chi connectivity index (χ3v) is 1.04. The van der Waals surface area contributed by atoms with Crippen molar-refractivity contribution in [2.24, 2.45) is 0 Å². The fourth-order valence-corrected chi connectivity index (χ4v) is 0.691. The largest absolute Gasteiger partial charge is 0.417 e. The summed E-state index contributed by atoms with van der Waals surface area (Å²) in [6, 6.07) is 1.24. The Hall–Kier alpha value is -1.46. The number of nitrogens with zero attached hydrogens (tertiary/aromatic N) is 2. The third kappa shape index (κ3) is 2.30. The van der Waals surface area contributed by atoms with E-state index in [1.165, 1.54) is 6.07 Å². The highest BCUT2D eigenvalue weighted by atomic mass is 19.3. The summed E-state index contributed by atoms with van der Waals surface area (Å²) < 4.78 is 27.3. The van der Waals surface area contributed by atoms with Crippen molar-refractivity contribution < 1.29 is 13.5 Å². The summed E-state index contributed by atoms with van der Waals surface area (Å²) >= 11 is 0. The molecule has 0 aliphatic rings. The van der Waals surface area contributed by atoms with Crippen LogP contribution in [-0.2, 0) is 0 Å². The standard InChI is InChI=1S/C6H6F2N3O/c1-3-2-4(12-5(7)8)11-6(9)10-3/h2,5,9H,1H3. The molecule has 0 aliphatic carbocycles. The van der Waals surface area contributed by atoms with E-state index in [1.807, 2.05) is 0 Å². The van der Waals surface area contributed by atoms with Crippen LogP contribution in [0.2, 0.25) is 0 Å². The first-order valence-electron chi connectivity index (χ1n) is 3.10. The maximum atomic E-state index is 11.6. The van der Waals surface area contributed by atoms with Crippen LogP contribution in [0.5, 0.6) is 5.88 Å². The van der Waals surface area contributed by atoms with E-state index in [1.54, 1.807) is 6.92 Å². The summed E-state index contributed by atoms with van der Waals surface area (Å²) in [6.07, 6.45) is 0. The van der Waals surface area contributed by atoms with E-state index in [2.05, 4.69) is 14.7 Å². The summed E-state index contributed by atoms with van der Waals surface area (Å²) in [4.78, 5) is 6.90. The molecular formula is C6H6F2N3O. The van der Waals surface area contributed by atoms with Crippen molar-refractivity contribution >= 4 is 5.95 Å². The first-order chi connectivity index (χ1) is 5.58. The number of hydrogen-bond donors (Lipinski definition) is 0. The molecule has 0 aliphatic heterocycles. The number of rotatable bonds is 2. The smallest absolute Gasteiger partial charge is 0.388 e. The Morgan fingerprint density at radius 2 is 2.17 bits per heavy atom. The highest BCUT2D eigenvalue weighted by Crippen LogP contribution is 2.12. The van der Waals surface area contributed by atoms with E-state index in [9.17, 15) is 8.78 Å². The van der Waals surface area contributed by atoms with Crippen molar-refractivity contribution in [1.82, 2.24) is 15.7 Å². The lowest BCUT2D eigenvalue weighted by molar-refractivity contribution is -0.0528. The molecule has 0 unspecified atom stereocenters. The minimum absolute atomic E-state index is 0.275. The summed E-state index contributed by atoms with van der Waals surface area (Å²) in [5.41, 5.74) is 7.40. The molecule has 1 aromatic heterocycles. The topological polar surface area (TPSA) is 58.8 Å². The van der Waals surface area contributed by atoms with Crippen molar-refractivity contribution in [2.75, 3.05) is 0 Å². The molecule has 0 spiro atoms. The van der Waals surface area contributed by atoms with Gasteiger partial charge >= 0.3 is 6.61 Å². The third-order valence-electron chi connectivity index (χ3n) is 1.04. The normalized spacial score (nSPS) is 10.3. The van der Waals surface area contributed by atoms with Crippen LogP contribution in [0.15, 0.2) is 6.07 Å². The van der Waals surface area contributed by atoms with E-state index in [-0.39, 0.29) is 11.8 Å². The molecule has 1 rings (SSSR count). The highest BCUT2D eigenvalue weighted by molar-refractivity contribution is 5.22. The van der Waals surface area contributed by atoms with E-state index >= 15 is 0 Å². The highest BCUT2D eigenvalue weighted by Gasteiger charge is 2.06. The number of alkyl halides is 2. The van der Waals surface area contributed by atoms with Crippen LogP contribution in [0.25, 0.3) is 0 Å². The Labute approximate surface area is 67.4 Å². The number of halogens is 2. The van der Waals surface area contributed by atoms with Gasteiger partial charge in [0.25, 0.3) is 0 Å². The SMILES string of the molecule is Cc1cc(OC(F)F)nc([NH])n1. The lowest BCUT2D eigenvalue weighted by Crippen LogP contribution is -2.04. The van der Waals surface area contributed by atoms with Crippen LogP contribution < -0.4 is 10.5 Å². The molecule has 12 heavy (non-hydrogen) atoms. The molecule has 0 atom stereocenters. The Kier molecular flexibility index (Phi) is 2.37. The van der Waals surface area contributed by atoms with E-state index in [0.29, 0.717) is 5.69 Å². The fraction of sp³-hybridized carbons (Fsp3) is 0.333. The summed E-state index contributed by atoms with van der Waals surface area (Å²) in [6.45, 7) is -1.35. The molecule has 0 saturated heterocycles. The summed E-state index contributed by atoms with van der Waals surface area (Å²) in [7, 11) is 0. The molecule has 1 heterocycles. The minimum atomic E-state index is -2.92. The van der Waals surface area contributed by atoms with Gasteiger partial charge < -0.3 is 4.74 Å². The lowest BCUT2D eigenvalue weighted by Gasteiger charge is -2.03. The van der Waals surface area contributed by atoms with Crippen LogP contribution in [0.4, 0.5) is 14.7 Å². The molecule has 1 N–H and O–H groups in total. The van der Waals surface area contributed by atoms with Gasteiger partial charge in [0, 0.05) is 11.8 Å². The van der Waals surface area contributed by atoms with Crippen LogP contribution in [0, 0.1) is 6.92 Å². The molecule has 0 amide bonds. The van der Waals surface area contributed by atoms with Crippen LogP contribution >= 0.6 is 0 Å². The van der Waals surface area contributed by atoms with Gasteiger partial charge in [0.05, 0.1) is 0 Å². The van der Waals surface area contributed by atoms with Crippen molar-refractivity contribution in [3.05, 3.63) is 11.8 Å². The second-order valence-corrected chi connectivity index (χ2v) is 2.05. The molecule has 0 saturated carbocycles. The van der Waals surface area contributed by atoms with Crippen LogP contribution in [0.1, 0.15) is 5.69 Å². The Balaban J connectivity index is 2.85. The second kappa shape index (κ2) is 3.29. The molecule has 0 fully saturated rings. The Bertz CT molecular complexity index is 259. The van der Waals surface area contributed by atoms with Crippen molar-refractivity contribution in [2.45, 2.75) is 13.5 Å². The second-order valence-electron chi connectivity index (χ2n) is 2.05. The van der Waals surface area contributed by atoms with E-state index in [0.717, 1.165) is 0 Å². The van der Waals surface area contributed by atoms with Gasteiger partial charge in [-0.05, 0) is 6.92 Å². The van der Waals surface area contributed by atoms with Gasteiger partial charge in [-0.3, -0.25) is 5.73 Å². The minimum Gasteiger partial charge on any atom is -0.417 e. The molecule has 65 valence electrons. The molecule has 4 nitrogen and oxygen atoms in total. The van der Waals surface area contributed by atoms with E-state index < -0.39 is 6.61 Å². The zero-order valence-corrected chi connectivity index (χ0v) is 6.21. The fourth-order valence-electron chi connectivity index (χ4n) is 0.691. The van der Waals surface area contributed by atoms with Gasteiger partial charge in [0.2, 0.25) is 11.8 Å². The number of aryl methyl sites for hydroxylation is 1. The van der Waals surface area contributed by atoms with Crippen molar-refractivity contribution in [3.8, 4) is 5.88 Å². The predicted octanol–water partition coefficient (Wildman–Crippen LogP) is 1.30. The van der Waals surface area contributed by atoms with Gasteiger partial charge in [-0.2, -0.15) is 13.8 Å². The average molecular weight is 174 g/mol. The van der Waals surface area contributed by atoms with Gasteiger partial charge in [0.15, 0.2) is 0 Å². The zero-order chi connectivity index (χ0) is 9.14. The van der Waals surface area contributed by atoms with Crippen LogP contribution in [-0.4, -0.2) is 16.6 Å². The Morgan fingerprint density at radius 3 is 2.67 bits per heavy atom.